The van der Waals surface area contributed by atoms with Gasteiger partial charge in [-0.15, -0.1) is 0 Å². The first kappa shape index (κ1) is 10.0. The van der Waals surface area contributed by atoms with Crippen LogP contribution in [0.2, 0.25) is 0 Å². The molecule has 1 rings (SSSR count). The SMILES string of the molecule is CCCCCCC(C)CC1CO1. The normalized spacial score (nSPS) is 24.0. The van der Waals surface area contributed by atoms with Crippen LogP contribution in [0.25, 0.3) is 0 Å². The van der Waals surface area contributed by atoms with Crippen LogP contribution in [0.1, 0.15) is 52.4 Å². The molecule has 1 heterocycles. The maximum absolute atomic E-state index is 5.21. The van der Waals surface area contributed by atoms with Gasteiger partial charge in [0.05, 0.1) is 12.7 Å². The predicted octanol–water partition coefficient (Wildman–Crippen LogP) is 3.38. The van der Waals surface area contributed by atoms with Gasteiger partial charge in [0, 0.05) is 0 Å². The molecule has 0 N–H and O–H groups in total. The molecule has 1 aliphatic rings. The first-order chi connectivity index (χ1) is 5.83. The predicted molar refractivity (Wildman–Crippen MR) is 52.3 cm³/mol. The molecule has 0 amide bonds. The van der Waals surface area contributed by atoms with E-state index in [2.05, 4.69) is 13.8 Å². The second-order valence-electron chi connectivity index (χ2n) is 4.15. The van der Waals surface area contributed by atoms with Crippen molar-refractivity contribution in [3.05, 3.63) is 0 Å². The number of hydrogen-bond acceptors (Lipinski definition) is 1. The van der Waals surface area contributed by atoms with Crippen LogP contribution >= 0.6 is 0 Å². The van der Waals surface area contributed by atoms with Gasteiger partial charge in [0.25, 0.3) is 0 Å². The Hall–Kier alpha value is -0.0400. The van der Waals surface area contributed by atoms with E-state index in [9.17, 15) is 0 Å². The molecule has 1 saturated heterocycles. The zero-order valence-corrected chi connectivity index (χ0v) is 8.51. The van der Waals surface area contributed by atoms with Gasteiger partial charge in [-0.3, -0.25) is 0 Å². The van der Waals surface area contributed by atoms with Crippen molar-refractivity contribution in [2.24, 2.45) is 5.92 Å². The molecular weight excluding hydrogens is 148 g/mol. The molecule has 12 heavy (non-hydrogen) atoms. The van der Waals surface area contributed by atoms with Crippen molar-refractivity contribution in [1.82, 2.24) is 0 Å². The minimum Gasteiger partial charge on any atom is -0.373 e. The topological polar surface area (TPSA) is 12.5 Å². The number of unbranched alkanes of at least 4 members (excludes halogenated alkanes) is 3. The van der Waals surface area contributed by atoms with Crippen molar-refractivity contribution in [1.29, 1.82) is 0 Å². The number of hydrogen-bond donors (Lipinski definition) is 0. The number of rotatable bonds is 7. The first-order valence-electron chi connectivity index (χ1n) is 5.44. The van der Waals surface area contributed by atoms with Crippen LogP contribution in [0.3, 0.4) is 0 Å². The van der Waals surface area contributed by atoms with Gasteiger partial charge in [0.15, 0.2) is 0 Å². The summed E-state index contributed by atoms with van der Waals surface area (Å²) in [6.45, 7) is 5.65. The maximum atomic E-state index is 5.21. The molecule has 72 valence electrons. The highest BCUT2D eigenvalue weighted by Gasteiger charge is 2.24. The summed E-state index contributed by atoms with van der Waals surface area (Å²) in [5.41, 5.74) is 0. The quantitative estimate of drug-likeness (QED) is 0.421. The van der Waals surface area contributed by atoms with Gasteiger partial charge in [-0.2, -0.15) is 0 Å². The molecule has 0 bridgehead atoms. The van der Waals surface area contributed by atoms with Crippen LogP contribution in [0.4, 0.5) is 0 Å². The van der Waals surface area contributed by atoms with Crippen molar-refractivity contribution in [2.45, 2.75) is 58.5 Å². The molecule has 0 spiro atoms. The van der Waals surface area contributed by atoms with Gasteiger partial charge in [-0.25, -0.2) is 0 Å². The lowest BCUT2D eigenvalue weighted by molar-refractivity contribution is 0.348. The molecule has 0 aromatic rings. The molecular formula is C11H22O. The highest BCUT2D eigenvalue weighted by Crippen LogP contribution is 2.22. The summed E-state index contributed by atoms with van der Waals surface area (Å²) in [6.07, 6.45) is 8.93. The van der Waals surface area contributed by atoms with E-state index in [0.29, 0.717) is 6.10 Å². The standard InChI is InChI=1S/C11H22O/c1-3-4-5-6-7-10(2)8-11-9-12-11/h10-11H,3-9H2,1-2H3. The third-order valence-electron chi connectivity index (χ3n) is 2.62. The van der Waals surface area contributed by atoms with Crippen LogP contribution in [0.5, 0.6) is 0 Å². The third kappa shape index (κ3) is 4.76. The summed E-state index contributed by atoms with van der Waals surface area (Å²) in [4.78, 5) is 0. The Morgan fingerprint density at radius 3 is 2.67 bits per heavy atom. The molecule has 0 aromatic heterocycles. The monoisotopic (exact) mass is 170 g/mol. The molecule has 0 saturated carbocycles. The number of ether oxygens (including phenoxy) is 1. The molecule has 0 aromatic carbocycles. The lowest BCUT2D eigenvalue weighted by Gasteiger charge is -2.08. The Bertz CT molecular complexity index is 108. The Balaban J connectivity index is 1.83. The largest absolute Gasteiger partial charge is 0.373 e. The first-order valence-corrected chi connectivity index (χ1v) is 5.44. The minimum atomic E-state index is 0.631. The van der Waals surface area contributed by atoms with E-state index in [-0.39, 0.29) is 0 Å². The van der Waals surface area contributed by atoms with Crippen molar-refractivity contribution < 1.29 is 4.74 Å². The van der Waals surface area contributed by atoms with Crippen molar-refractivity contribution in [3.8, 4) is 0 Å². The molecule has 1 heteroatoms. The Labute approximate surface area is 76.5 Å². The molecule has 1 aliphatic heterocycles. The van der Waals surface area contributed by atoms with Gasteiger partial charge in [0.1, 0.15) is 0 Å². The van der Waals surface area contributed by atoms with E-state index >= 15 is 0 Å². The average Bonchev–Trinajstić information content (AvgIpc) is 2.82. The van der Waals surface area contributed by atoms with Gasteiger partial charge < -0.3 is 4.74 Å². The summed E-state index contributed by atoms with van der Waals surface area (Å²) < 4.78 is 5.21. The highest BCUT2D eigenvalue weighted by molar-refractivity contribution is 4.71. The van der Waals surface area contributed by atoms with Crippen LogP contribution in [-0.4, -0.2) is 12.7 Å². The average molecular weight is 170 g/mol. The van der Waals surface area contributed by atoms with Gasteiger partial charge in [-0.05, 0) is 12.3 Å². The fourth-order valence-corrected chi connectivity index (χ4v) is 1.69. The zero-order chi connectivity index (χ0) is 8.81. The smallest absolute Gasteiger partial charge is 0.0812 e. The molecule has 2 unspecified atom stereocenters. The molecule has 0 radical (unpaired) electrons. The Morgan fingerprint density at radius 2 is 2.08 bits per heavy atom. The van der Waals surface area contributed by atoms with E-state index in [1.54, 1.807) is 0 Å². The molecule has 1 fully saturated rings. The van der Waals surface area contributed by atoms with Gasteiger partial charge in [-0.1, -0.05) is 46.0 Å². The third-order valence-corrected chi connectivity index (χ3v) is 2.62. The van der Waals surface area contributed by atoms with Gasteiger partial charge in [0.2, 0.25) is 0 Å². The van der Waals surface area contributed by atoms with Crippen LogP contribution in [0, 0.1) is 5.92 Å². The van der Waals surface area contributed by atoms with E-state index in [1.165, 1.54) is 38.5 Å². The van der Waals surface area contributed by atoms with Crippen LogP contribution in [-0.2, 0) is 4.74 Å². The fourth-order valence-electron chi connectivity index (χ4n) is 1.69. The van der Waals surface area contributed by atoms with Crippen molar-refractivity contribution in [3.63, 3.8) is 0 Å². The van der Waals surface area contributed by atoms with E-state index < -0.39 is 0 Å². The summed E-state index contributed by atoms with van der Waals surface area (Å²) in [6, 6.07) is 0. The Kier molecular flexibility index (Phi) is 4.67. The second kappa shape index (κ2) is 5.58. The Morgan fingerprint density at radius 1 is 1.33 bits per heavy atom. The highest BCUT2D eigenvalue weighted by atomic mass is 16.6. The minimum absolute atomic E-state index is 0.631. The number of epoxide rings is 1. The van der Waals surface area contributed by atoms with E-state index in [4.69, 9.17) is 4.74 Å². The van der Waals surface area contributed by atoms with Crippen LogP contribution in [0.15, 0.2) is 0 Å². The maximum Gasteiger partial charge on any atom is 0.0812 e. The van der Waals surface area contributed by atoms with Crippen molar-refractivity contribution >= 4 is 0 Å². The van der Waals surface area contributed by atoms with Crippen LogP contribution < -0.4 is 0 Å². The van der Waals surface area contributed by atoms with E-state index in [0.717, 1.165) is 12.5 Å². The summed E-state index contributed by atoms with van der Waals surface area (Å²) in [5.74, 6) is 0.884. The molecule has 1 nitrogen and oxygen atoms in total. The van der Waals surface area contributed by atoms with Gasteiger partial charge >= 0.3 is 0 Å². The summed E-state index contributed by atoms with van der Waals surface area (Å²) in [7, 11) is 0. The molecule has 2 atom stereocenters. The lowest BCUT2D eigenvalue weighted by atomic mass is 9.98. The fraction of sp³-hybridized carbons (Fsp3) is 1.00. The lowest BCUT2D eigenvalue weighted by Crippen LogP contribution is -1.99. The molecule has 0 aliphatic carbocycles. The van der Waals surface area contributed by atoms with E-state index in [1.807, 2.05) is 0 Å². The zero-order valence-electron chi connectivity index (χ0n) is 8.51. The van der Waals surface area contributed by atoms with Crippen molar-refractivity contribution in [2.75, 3.05) is 6.61 Å². The second-order valence-corrected chi connectivity index (χ2v) is 4.15. The summed E-state index contributed by atoms with van der Waals surface area (Å²) in [5, 5.41) is 0. The summed E-state index contributed by atoms with van der Waals surface area (Å²) >= 11 is 0.